The number of urea groups is 1. The third kappa shape index (κ3) is 4.63. The van der Waals surface area contributed by atoms with Gasteiger partial charge in [-0.1, -0.05) is 29.8 Å². The quantitative estimate of drug-likeness (QED) is 0.883. The van der Waals surface area contributed by atoms with Crippen molar-refractivity contribution < 1.29 is 23.1 Å². The van der Waals surface area contributed by atoms with Gasteiger partial charge >= 0.3 is 12.2 Å². The Morgan fingerprint density at radius 3 is 2.29 bits per heavy atom. The summed E-state index contributed by atoms with van der Waals surface area (Å²) in [6.45, 7) is 4.27. The van der Waals surface area contributed by atoms with Crippen LogP contribution in [0, 0.1) is 12.8 Å². The van der Waals surface area contributed by atoms with Crippen molar-refractivity contribution in [1.29, 1.82) is 0 Å². The number of aliphatic hydroxyl groups excluding tert-OH is 1. The Kier molecular flexibility index (Phi) is 5.74. The minimum Gasteiger partial charge on any atom is -0.383 e. The van der Waals surface area contributed by atoms with E-state index in [9.17, 15) is 23.1 Å². The second-order valence-corrected chi connectivity index (χ2v) is 6.39. The van der Waals surface area contributed by atoms with E-state index in [1.165, 1.54) is 4.90 Å². The number of aryl methyl sites for hydroxylation is 1. The lowest BCUT2D eigenvalue weighted by Crippen LogP contribution is -2.48. The molecule has 4 nitrogen and oxygen atoms in total. The number of nitrogens with zero attached hydrogens (tertiary/aromatic N) is 1. The third-order valence-electron chi connectivity index (χ3n) is 4.53. The molecule has 2 atom stereocenters. The Hall–Kier alpha value is -1.76. The number of benzene rings is 1. The molecule has 1 heterocycles. The number of alkyl halides is 3. The predicted octanol–water partition coefficient (Wildman–Crippen LogP) is 3.40. The van der Waals surface area contributed by atoms with Crippen LogP contribution in [0.1, 0.15) is 36.9 Å². The number of hydrogen-bond donors (Lipinski definition) is 2. The van der Waals surface area contributed by atoms with Crippen molar-refractivity contribution >= 4 is 6.03 Å². The molecule has 1 aliphatic heterocycles. The van der Waals surface area contributed by atoms with E-state index in [0.29, 0.717) is 0 Å². The molecule has 2 unspecified atom stereocenters. The van der Waals surface area contributed by atoms with Gasteiger partial charge in [-0.25, -0.2) is 4.79 Å². The maximum absolute atomic E-state index is 12.5. The summed E-state index contributed by atoms with van der Waals surface area (Å²) in [5.74, 6) is -0.844. The molecular weight excluding hydrogens is 321 g/mol. The van der Waals surface area contributed by atoms with E-state index in [4.69, 9.17) is 0 Å². The molecule has 2 N–H and O–H groups in total. The Morgan fingerprint density at radius 2 is 1.79 bits per heavy atom. The first-order valence-corrected chi connectivity index (χ1v) is 8.05. The molecule has 2 amide bonds. The van der Waals surface area contributed by atoms with E-state index >= 15 is 0 Å². The molecule has 1 aliphatic rings. The van der Waals surface area contributed by atoms with Crippen LogP contribution in [0.4, 0.5) is 18.0 Å². The number of carbonyl (C=O) groups is 1. The average Bonchev–Trinajstić information content (AvgIpc) is 2.54. The number of nitrogens with one attached hydrogen (secondary N) is 1. The van der Waals surface area contributed by atoms with Crippen LogP contribution < -0.4 is 5.32 Å². The van der Waals surface area contributed by atoms with Crippen molar-refractivity contribution in [3.63, 3.8) is 0 Å². The lowest BCUT2D eigenvalue weighted by atomic mass is 9.91. The number of likely N-dealkylation sites (tertiary alicyclic amines) is 1. The maximum atomic E-state index is 12.5. The number of halogens is 3. The maximum Gasteiger partial charge on any atom is 0.414 e. The molecule has 0 spiro atoms. The fraction of sp³-hybridized carbons (Fsp3) is 0.588. The topological polar surface area (TPSA) is 52.6 Å². The molecule has 134 valence electrons. The lowest BCUT2D eigenvalue weighted by Gasteiger charge is -2.35. The third-order valence-corrected chi connectivity index (χ3v) is 4.53. The minimum absolute atomic E-state index is 0.146. The van der Waals surface area contributed by atoms with Crippen molar-refractivity contribution in [2.45, 2.75) is 45.0 Å². The average molecular weight is 344 g/mol. The number of carbonyl (C=O) groups excluding carboxylic acids is 1. The van der Waals surface area contributed by atoms with Crippen molar-refractivity contribution in [3.05, 3.63) is 35.4 Å². The van der Waals surface area contributed by atoms with Crippen LogP contribution in [-0.2, 0) is 0 Å². The fourth-order valence-electron chi connectivity index (χ4n) is 2.90. The van der Waals surface area contributed by atoms with Crippen LogP contribution in [0.25, 0.3) is 0 Å². The van der Waals surface area contributed by atoms with Gasteiger partial charge in [-0.15, -0.1) is 0 Å². The Bertz CT molecular complexity index is 552. The van der Waals surface area contributed by atoms with Gasteiger partial charge in [0.15, 0.2) is 6.10 Å². The molecule has 2 rings (SSSR count). The molecule has 0 bridgehead atoms. The van der Waals surface area contributed by atoms with Crippen molar-refractivity contribution in [2.24, 2.45) is 5.92 Å². The smallest absolute Gasteiger partial charge is 0.383 e. The zero-order chi connectivity index (χ0) is 17.9. The number of aliphatic hydroxyl groups is 1. The van der Waals surface area contributed by atoms with E-state index in [1.807, 2.05) is 38.1 Å². The minimum atomic E-state index is -4.60. The van der Waals surface area contributed by atoms with Crippen LogP contribution in [0.5, 0.6) is 0 Å². The van der Waals surface area contributed by atoms with Crippen molar-refractivity contribution in [2.75, 3.05) is 13.1 Å². The molecule has 1 aromatic rings. The monoisotopic (exact) mass is 344 g/mol. The van der Waals surface area contributed by atoms with Gasteiger partial charge in [0.05, 0.1) is 6.04 Å². The van der Waals surface area contributed by atoms with Gasteiger partial charge in [0.25, 0.3) is 0 Å². The summed E-state index contributed by atoms with van der Waals surface area (Å²) < 4.78 is 37.6. The standard InChI is InChI=1S/C17H23F3N2O2/c1-11-3-5-13(6-4-11)12(2)21-16(24)22-9-7-14(8-10-22)15(23)17(18,19)20/h3-6,12,14-15,23H,7-10H2,1-2H3,(H,21,24). The molecule has 0 radical (unpaired) electrons. The summed E-state index contributed by atoms with van der Waals surface area (Å²) in [5.41, 5.74) is 2.10. The first kappa shape index (κ1) is 18.6. The van der Waals surface area contributed by atoms with E-state index in [0.717, 1.165) is 11.1 Å². The van der Waals surface area contributed by atoms with Crippen molar-refractivity contribution in [1.82, 2.24) is 10.2 Å². The molecule has 1 aromatic carbocycles. The second-order valence-electron chi connectivity index (χ2n) is 6.39. The Balaban J connectivity index is 1.85. The SMILES string of the molecule is Cc1ccc(C(C)NC(=O)N2CCC(C(O)C(F)(F)F)CC2)cc1. The van der Waals surface area contributed by atoms with Gasteiger partial charge in [-0.2, -0.15) is 13.2 Å². The molecule has 0 aliphatic carbocycles. The van der Waals surface area contributed by atoms with Gasteiger partial charge in [0.2, 0.25) is 0 Å². The second kappa shape index (κ2) is 7.42. The van der Waals surface area contributed by atoms with Crippen LogP contribution in [0.3, 0.4) is 0 Å². The van der Waals surface area contributed by atoms with Crippen LogP contribution in [0.2, 0.25) is 0 Å². The normalized spacial score (nSPS) is 19.0. The molecule has 0 saturated carbocycles. The molecule has 7 heteroatoms. The number of rotatable bonds is 3. The Labute approximate surface area is 139 Å². The van der Waals surface area contributed by atoms with Crippen LogP contribution in [-0.4, -0.2) is 41.4 Å². The molecule has 1 saturated heterocycles. The predicted molar refractivity (Wildman–Crippen MR) is 84.5 cm³/mol. The lowest BCUT2D eigenvalue weighted by molar-refractivity contribution is -0.222. The molecule has 24 heavy (non-hydrogen) atoms. The summed E-state index contributed by atoms with van der Waals surface area (Å²) in [6, 6.07) is 7.32. The Morgan fingerprint density at radius 1 is 1.25 bits per heavy atom. The summed E-state index contributed by atoms with van der Waals surface area (Å²) >= 11 is 0. The van der Waals surface area contributed by atoms with E-state index < -0.39 is 18.2 Å². The van der Waals surface area contributed by atoms with Gasteiger partial charge in [-0.3, -0.25) is 0 Å². The number of piperidine rings is 1. The van der Waals surface area contributed by atoms with E-state index in [1.54, 1.807) is 0 Å². The summed E-state index contributed by atoms with van der Waals surface area (Å²) in [6.07, 6.45) is -6.62. The number of amides is 2. The van der Waals surface area contributed by atoms with E-state index in [-0.39, 0.29) is 38.0 Å². The van der Waals surface area contributed by atoms with Crippen molar-refractivity contribution in [3.8, 4) is 0 Å². The molecule has 0 aromatic heterocycles. The zero-order valence-electron chi connectivity index (χ0n) is 13.8. The van der Waals surface area contributed by atoms with Gasteiger partial charge in [0.1, 0.15) is 0 Å². The molecular formula is C17H23F3N2O2. The summed E-state index contributed by atoms with van der Waals surface area (Å²) in [4.78, 5) is 13.8. The van der Waals surface area contributed by atoms with Gasteiger partial charge in [-0.05, 0) is 38.2 Å². The van der Waals surface area contributed by atoms with Crippen LogP contribution >= 0.6 is 0 Å². The van der Waals surface area contributed by atoms with Gasteiger partial charge < -0.3 is 15.3 Å². The first-order chi connectivity index (χ1) is 11.2. The number of hydrogen-bond acceptors (Lipinski definition) is 2. The zero-order valence-corrected chi connectivity index (χ0v) is 13.8. The van der Waals surface area contributed by atoms with E-state index in [2.05, 4.69) is 5.32 Å². The fourth-order valence-corrected chi connectivity index (χ4v) is 2.90. The largest absolute Gasteiger partial charge is 0.414 e. The highest BCUT2D eigenvalue weighted by Crippen LogP contribution is 2.31. The highest BCUT2D eigenvalue weighted by molar-refractivity contribution is 5.74. The summed E-state index contributed by atoms with van der Waals surface area (Å²) in [7, 11) is 0. The molecule has 1 fully saturated rings. The highest BCUT2D eigenvalue weighted by Gasteiger charge is 2.44. The first-order valence-electron chi connectivity index (χ1n) is 8.05. The van der Waals surface area contributed by atoms with Crippen LogP contribution in [0.15, 0.2) is 24.3 Å². The summed E-state index contributed by atoms with van der Waals surface area (Å²) in [5, 5.41) is 12.2. The van der Waals surface area contributed by atoms with Gasteiger partial charge in [0, 0.05) is 13.1 Å². The highest BCUT2D eigenvalue weighted by atomic mass is 19.4.